The molecule has 1 aromatic carbocycles. The van der Waals surface area contributed by atoms with E-state index in [0.29, 0.717) is 5.58 Å². The Morgan fingerprint density at radius 3 is 2.90 bits per heavy atom. The Balaban J connectivity index is 1.92. The van der Waals surface area contributed by atoms with E-state index >= 15 is 0 Å². The van der Waals surface area contributed by atoms with Crippen LogP contribution in [0.15, 0.2) is 51.7 Å². The SMILES string of the molecule is Nc1nc2cc(-c3ccc4ncc(Br)n4c3)ccc2o1. The number of nitrogen functional groups attached to an aromatic ring is 1. The quantitative estimate of drug-likeness (QED) is 0.580. The molecule has 0 aliphatic carbocycles. The van der Waals surface area contributed by atoms with Gasteiger partial charge in [0.2, 0.25) is 0 Å². The minimum absolute atomic E-state index is 0.185. The number of halogens is 1. The molecule has 0 radical (unpaired) electrons. The van der Waals surface area contributed by atoms with Crippen LogP contribution in [0.4, 0.5) is 6.01 Å². The fourth-order valence-corrected chi connectivity index (χ4v) is 2.63. The van der Waals surface area contributed by atoms with Gasteiger partial charge in [0.1, 0.15) is 15.8 Å². The average Bonchev–Trinajstić information content (AvgIpc) is 3.00. The molecule has 5 nitrogen and oxygen atoms in total. The molecule has 3 aromatic heterocycles. The second-order valence-electron chi connectivity index (χ2n) is 4.46. The summed E-state index contributed by atoms with van der Waals surface area (Å²) >= 11 is 3.47. The summed E-state index contributed by atoms with van der Waals surface area (Å²) < 4.78 is 8.18. The normalized spacial score (nSPS) is 11.4. The van der Waals surface area contributed by atoms with Crippen molar-refractivity contribution in [1.29, 1.82) is 0 Å². The number of rotatable bonds is 1. The van der Waals surface area contributed by atoms with Gasteiger partial charge >= 0.3 is 0 Å². The molecule has 0 spiro atoms. The van der Waals surface area contributed by atoms with Gasteiger partial charge in [-0.05, 0) is 51.3 Å². The third-order valence-corrected chi connectivity index (χ3v) is 3.78. The molecule has 6 heteroatoms. The van der Waals surface area contributed by atoms with Crippen molar-refractivity contribution in [3.05, 3.63) is 47.3 Å². The summed E-state index contributed by atoms with van der Waals surface area (Å²) in [5.74, 6) is 0. The molecule has 0 saturated heterocycles. The van der Waals surface area contributed by atoms with Crippen molar-refractivity contribution < 1.29 is 4.42 Å². The minimum atomic E-state index is 0.185. The first kappa shape index (κ1) is 11.5. The third-order valence-electron chi connectivity index (χ3n) is 3.20. The number of aromatic nitrogens is 3. The van der Waals surface area contributed by atoms with E-state index in [1.165, 1.54) is 0 Å². The van der Waals surface area contributed by atoms with Crippen LogP contribution >= 0.6 is 15.9 Å². The third kappa shape index (κ3) is 1.69. The Bertz CT molecular complexity index is 941. The molecule has 0 saturated carbocycles. The maximum absolute atomic E-state index is 5.56. The van der Waals surface area contributed by atoms with Gasteiger partial charge in [0.05, 0.1) is 6.20 Å². The lowest BCUT2D eigenvalue weighted by Gasteiger charge is -2.03. The topological polar surface area (TPSA) is 69.3 Å². The van der Waals surface area contributed by atoms with E-state index < -0.39 is 0 Å². The standard InChI is InChI=1S/C14H9BrN4O/c15-12-6-17-13-4-2-9(7-19(12)13)8-1-3-11-10(5-8)18-14(16)20-11/h1-7H,(H2,16,18). The van der Waals surface area contributed by atoms with E-state index in [9.17, 15) is 0 Å². The van der Waals surface area contributed by atoms with Gasteiger partial charge in [-0.15, -0.1) is 0 Å². The van der Waals surface area contributed by atoms with Crippen molar-refractivity contribution in [2.75, 3.05) is 5.73 Å². The molecular formula is C14H9BrN4O. The Labute approximate surface area is 122 Å². The summed E-state index contributed by atoms with van der Waals surface area (Å²) in [6.45, 7) is 0. The molecule has 0 atom stereocenters. The van der Waals surface area contributed by atoms with E-state index in [1.807, 2.05) is 40.9 Å². The van der Waals surface area contributed by atoms with Crippen molar-refractivity contribution in [1.82, 2.24) is 14.4 Å². The summed E-state index contributed by atoms with van der Waals surface area (Å²) in [6, 6.07) is 10.0. The number of benzene rings is 1. The number of pyridine rings is 1. The second-order valence-corrected chi connectivity index (χ2v) is 5.27. The first-order valence-electron chi connectivity index (χ1n) is 6.00. The zero-order valence-electron chi connectivity index (χ0n) is 10.2. The summed E-state index contributed by atoms with van der Waals surface area (Å²) in [5.41, 5.74) is 10.0. The number of fused-ring (bicyclic) bond motifs is 2. The van der Waals surface area contributed by atoms with E-state index in [4.69, 9.17) is 10.2 Å². The molecular weight excluding hydrogens is 320 g/mol. The monoisotopic (exact) mass is 328 g/mol. The average molecular weight is 329 g/mol. The van der Waals surface area contributed by atoms with Crippen LogP contribution in [0, 0.1) is 0 Å². The molecule has 4 aromatic rings. The lowest BCUT2D eigenvalue weighted by Crippen LogP contribution is -1.87. The summed E-state index contributed by atoms with van der Waals surface area (Å²) in [5, 5.41) is 0. The minimum Gasteiger partial charge on any atom is -0.424 e. The highest BCUT2D eigenvalue weighted by molar-refractivity contribution is 9.10. The molecule has 0 bridgehead atoms. The van der Waals surface area contributed by atoms with Crippen molar-refractivity contribution in [2.24, 2.45) is 0 Å². The van der Waals surface area contributed by atoms with Gasteiger partial charge in [-0.2, -0.15) is 4.98 Å². The zero-order chi connectivity index (χ0) is 13.7. The Hall–Kier alpha value is -2.34. The molecule has 20 heavy (non-hydrogen) atoms. The van der Waals surface area contributed by atoms with Crippen molar-refractivity contribution in [3.63, 3.8) is 0 Å². The number of hydrogen-bond donors (Lipinski definition) is 1. The number of nitrogens with two attached hydrogens (primary N) is 1. The summed E-state index contributed by atoms with van der Waals surface area (Å²) in [4.78, 5) is 8.43. The van der Waals surface area contributed by atoms with Crippen LogP contribution in [0.5, 0.6) is 0 Å². The smallest absolute Gasteiger partial charge is 0.292 e. The predicted octanol–water partition coefficient (Wildman–Crippen LogP) is 3.49. The first-order valence-corrected chi connectivity index (χ1v) is 6.79. The largest absolute Gasteiger partial charge is 0.424 e. The van der Waals surface area contributed by atoms with Gasteiger partial charge in [-0.3, -0.25) is 4.40 Å². The highest BCUT2D eigenvalue weighted by Gasteiger charge is 2.07. The van der Waals surface area contributed by atoms with Crippen molar-refractivity contribution in [3.8, 4) is 11.1 Å². The van der Waals surface area contributed by atoms with Crippen LogP contribution < -0.4 is 5.73 Å². The second kappa shape index (κ2) is 4.08. The van der Waals surface area contributed by atoms with Crippen LogP contribution in [0.2, 0.25) is 0 Å². The van der Waals surface area contributed by atoms with Crippen LogP contribution in [-0.2, 0) is 0 Å². The van der Waals surface area contributed by atoms with E-state index in [-0.39, 0.29) is 6.01 Å². The van der Waals surface area contributed by atoms with Crippen molar-refractivity contribution >= 4 is 38.7 Å². The molecule has 0 unspecified atom stereocenters. The summed E-state index contributed by atoms with van der Waals surface area (Å²) in [6.07, 6.45) is 3.80. The van der Waals surface area contributed by atoms with Crippen LogP contribution in [0.3, 0.4) is 0 Å². The van der Waals surface area contributed by atoms with Gasteiger partial charge in [0.25, 0.3) is 6.01 Å². The van der Waals surface area contributed by atoms with Crippen LogP contribution in [-0.4, -0.2) is 14.4 Å². The van der Waals surface area contributed by atoms with Crippen LogP contribution in [0.25, 0.3) is 27.9 Å². The zero-order valence-corrected chi connectivity index (χ0v) is 11.8. The van der Waals surface area contributed by atoms with Gasteiger partial charge < -0.3 is 10.2 Å². The van der Waals surface area contributed by atoms with Gasteiger partial charge in [0, 0.05) is 6.20 Å². The maximum atomic E-state index is 5.56. The fourth-order valence-electron chi connectivity index (χ4n) is 2.25. The molecule has 0 aliphatic rings. The number of imidazole rings is 1. The summed E-state index contributed by atoms with van der Waals surface area (Å²) in [7, 11) is 0. The fraction of sp³-hybridized carbons (Fsp3) is 0. The molecule has 3 heterocycles. The maximum Gasteiger partial charge on any atom is 0.292 e. The Kier molecular flexibility index (Phi) is 2.34. The van der Waals surface area contributed by atoms with E-state index in [1.54, 1.807) is 6.20 Å². The number of anilines is 1. The number of oxazole rings is 1. The first-order chi connectivity index (χ1) is 9.70. The highest BCUT2D eigenvalue weighted by Crippen LogP contribution is 2.26. The molecule has 0 amide bonds. The lowest BCUT2D eigenvalue weighted by molar-refractivity contribution is 0.626. The Morgan fingerprint density at radius 2 is 2.00 bits per heavy atom. The molecule has 4 rings (SSSR count). The Morgan fingerprint density at radius 1 is 1.15 bits per heavy atom. The van der Waals surface area contributed by atoms with Crippen LogP contribution in [0.1, 0.15) is 0 Å². The van der Waals surface area contributed by atoms with Gasteiger partial charge in [-0.1, -0.05) is 6.07 Å². The van der Waals surface area contributed by atoms with E-state index in [2.05, 4.69) is 25.9 Å². The van der Waals surface area contributed by atoms with E-state index in [0.717, 1.165) is 26.9 Å². The lowest BCUT2D eigenvalue weighted by atomic mass is 10.1. The van der Waals surface area contributed by atoms with Gasteiger partial charge in [-0.25, -0.2) is 4.98 Å². The predicted molar refractivity (Wildman–Crippen MR) is 80.3 cm³/mol. The molecule has 0 fully saturated rings. The highest BCUT2D eigenvalue weighted by atomic mass is 79.9. The van der Waals surface area contributed by atoms with Gasteiger partial charge in [0.15, 0.2) is 5.58 Å². The molecule has 0 aliphatic heterocycles. The van der Waals surface area contributed by atoms with Crippen molar-refractivity contribution in [2.45, 2.75) is 0 Å². The molecule has 2 N–H and O–H groups in total. The number of hydrogen-bond acceptors (Lipinski definition) is 4. The number of nitrogens with zero attached hydrogens (tertiary/aromatic N) is 3. The molecule has 98 valence electrons.